The van der Waals surface area contributed by atoms with Crippen LogP contribution in [-0.4, -0.2) is 54.0 Å². The highest BCUT2D eigenvalue weighted by Crippen LogP contribution is 2.34. The van der Waals surface area contributed by atoms with Gasteiger partial charge in [0, 0.05) is 26.2 Å². The number of imide groups is 1. The molecular formula is C23H32N2O3. The van der Waals surface area contributed by atoms with E-state index in [1.807, 2.05) is 45.0 Å². The number of hydrogen-bond acceptors (Lipinski definition) is 4. The average Bonchev–Trinajstić information content (AvgIpc) is 2.90. The summed E-state index contributed by atoms with van der Waals surface area (Å²) in [5.74, 6) is 0.197. The number of benzene rings is 1. The lowest BCUT2D eigenvalue weighted by atomic mass is 9.97. The van der Waals surface area contributed by atoms with Crippen LogP contribution in [0.25, 0.3) is 5.57 Å². The summed E-state index contributed by atoms with van der Waals surface area (Å²) in [6, 6.07) is 7.90. The fourth-order valence-corrected chi connectivity index (χ4v) is 3.97. The van der Waals surface area contributed by atoms with Gasteiger partial charge in [-0.3, -0.25) is 14.5 Å². The molecule has 5 heteroatoms. The second kappa shape index (κ2) is 8.91. The second-order valence-corrected chi connectivity index (χ2v) is 8.32. The number of carbonyl (C=O) groups is 2. The summed E-state index contributed by atoms with van der Waals surface area (Å²) in [6.45, 7) is 10.8. The molecule has 1 aromatic carbocycles. The first-order valence-electron chi connectivity index (χ1n) is 10.4. The molecule has 0 saturated carbocycles. The number of hydrogen-bond donors (Lipinski definition) is 0. The van der Waals surface area contributed by atoms with Crippen LogP contribution in [0.1, 0.15) is 51.2 Å². The van der Waals surface area contributed by atoms with Crippen molar-refractivity contribution >= 4 is 17.4 Å². The Morgan fingerprint density at radius 3 is 2.50 bits per heavy atom. The van der Waals surface area contributed by atoms with Crippen molar-refractivity contribution in [2.45, 2.75) is 53.1 Å². The van der Waals surface area contributed by atoms with Gasteiger partial charge in [-0.05, 0) is 51.5 Å². The van der Waals surface area contributed by atoms with Gasteiger partial charge in [0.25, 0.3) is 11.8 Å². The number of rotatable bonds is 7. The van der Waals surface area contributed by atoms with Crippen molar-refractivity contribution in [2.24, 2.45) is 5.92 Å². The Balaban J connectivity index is 1.88. The zero-order chi connectivity index (χ0) is 20.3. The first kappa shape index (κ1) is 20.6. The molecule has 0 N–H and O–H groups in total. The highest BCUT2D eigenvalue weighted by Gasteiger charge is 2.41. The first-order chi connectivity index (χ1) is 13.4. The van der Waals surface area contributed by atoms with Crippen molar-refractivity contribution in [3.63, 3.8) is 0 Å². The van der Waals surface area contributed by atoms with E-state index in [-0.39, 0.29) is 17.9 Å². The summed E-state index contributed by atoms with van der Waals surface area (Å²) in [7, 11) is 0. The maximum atomic E-state index is 13.3. The van der Waals surface area contributed by atoms with E-state index in [4.69, 9.17) is 4.74 Å². The summed E-state index contributed by atoms with van der Waals surface area (Å²) in [5.41, 5.74) is 3.11. The summed E-state index contributed by atoms with van der Waals surface area (Å²) in [6.07, 6.45) is 3.02. The number of ether oxygens (including phenoxy) is 1. The zero-order valence-corrected chi connectivity index (χ0v) is 17.5. The predicted molar refractivity (Wildman–Crippen MR) is 110 cm³/mol. The van der Waals surface area contributed by atoms with Gasteiger partial charge in [0.05, 0.1) is 11.7 Å². The van der Waals surface area contributed by atoms with E-state index >= 15 is 0 Å². The van der Waals surface area contributed by atoms with Crippen LogP contribution in [0, 0.1) is 12.8 Å². The first-order valence-corrected chi connectivity index (χ1v) is 10.4. The van der Waals surface area contributed by atoms with Crippen LogP contribution in [0.5, 0.6) is 0 Å². The Hall–Kier alpha value is -2.14. The molecule has 1 atom stereocenters. The number of carbonyl (C=O) groups excluding carboxylic acids is 2. The maximum Gasteiger partial charge on any atom is 0.277 e. The lowest BCUT2D eigenvalue weighted by Gasteiger charge is -2.33. The van der Waals surface area contributed by atoms with Crippen LogP contribution in [0.15, 0.2) is 30.0 Å². The van der Waals surface area contributed by atoms with E-state index in [1.54, 1.807) is 0 Å². The van der Waals surface area contributed by atoms with E-state index < -0.39 is 0 Å². The summed E-state index contributed by atoms with van der Waals surface area (Å²) < 4.78 is 5.58. The van der Waals surface area contributed by atoms with Crippen molar-refractivity contribution in [3.8, 4) is 0 Å². The van der Waals surface area contributed by atoms with E-state index in [2.05, 4.69) is 11.8 Å². The lowest BCUT2D eigenvalue weighted by molar-refractivity contribution is -0.137. The number of nitrogens with zero attached hydrogens (tertiary/aromatic N) is 2. The SMILES string of the molecule is Cc1ccc(C2=C(N3CCCC(C)C3)C(=O)N(CCCOC(C)C)C2=O)cc1. The van der Waals surface area contributed by atoms with E-state index in [0.717, 1.165) is 30.6 Å². The third kappa shape index (κ3) is 4.46. The molecular weight excluding hydrogens is 352 g/mol. The van der Waals surface area contributed by atoms with E-state index in [0.29, 0.717) is 36.8 Å². The maximum absolute atomic E-state index is 13.3. The number of piperidine rings is 1. The third-order valence-electron chi connectivity index (χ3n) is 5.43. The molecule has 0 aliphatic carbocycles. The Bertz CT molecular complexity index is 752. The van der Waals surface area contributed by atoms with E-state index in [1.165, 1.54) is 11.3 Å². The molecule has 1 saturated heterocycles. The number of amides is 2. The molecule has 2 amide bonds. The summed E-state index contributed by atoms with van der Waals surface area (Å²) >= 11 is 0. The minimum absolute atomic E-state index is 0.150. The minimum Gasteiger partial charge on any atom is -0.379 e. The highest BCUT2D eigenvalue weighted by atomic mass is 16.5. The van der Waals surface area contributed by atoms with Crippen molar-refractivity contribution in [2.75, 3.05) is 26.2 Å². The van der Waals surface area contributed by atoms with Gasteiger partial charge in [0.1, 0.15) is 5.70 Å². The standard InChI is InChI=1S/C23H32N2O3/c1-16(2)28-14-6-13-25-22(26)20(19-10-8-17(3)9-11-19)21(23(25)27)24-12-5-7-18(4)15-24/h8-11,16,18H,5-7,12-15H2,1-4H3. The molecule has 2 aliphatic rings. The molecule has 0 spiro atoms. The Morgan fingerprint density at radius 1 is 1.14 bits per heavy atom. The van der Waals surface area contributed by atoms with Crippen molar-refractivity contribution in [1.82, 2.24) is 9.80 Å². The molecule has 2 heterocycles. The lowest BCUT2D eigenvalue weighted by Crippen LogP contribution is -2.39. The molecule has 1 aromatic rings. The topological polar surface area (TPSA) is 49.9 Å². The third-order valence-corrected chi connectivity index (χ3v) is 5.43. The molecule has 152 valence electrons. The minimum atomic E-state index is -0.174. The highest BCUT2D eigenvalue weighted by molar-refractivity contribution is 6.35. The summed E-state index contributed by atoms with van der Waals surface area (Å²) in [5, 5.41) is 0. The Kier molecular flexibility index (Phi) is 6.55. The average molecular weight is 385 g/mol. The monoisotopic (exact) mass is 384 g/mol. The smallest absolute Gasteiger partial charge is 0.277 e. The fourth-order valence-electron chi connectivity index (χ4n) is 3.97. The normalized spacial score (nSPS) is 20.7. The van der Waals surface area contributed by atoms with Gasteiger partial charge in [-0.15, -0.1) is 0 Å². The van der Waals surface area contributed by atoms with Crippen LogP contribution in [0.4, 0.5) is 0 Å². The number of likely N-dealkylation sites (tertiary alicyclic amines) is 1. The fraction of sp³-hybridized carbons (Fsp3) is 0.565. The molecule has 3 rings (SSSR count). The van der Waals surface area contributed by atoms with Crippen LogP contribution in [0.3, 0.4) is 0 Å². The van der Waals surface area contributed by atoms with Gasteiger partial charge in [-0.2, -0.15) is 0 Å². The van der Waals surface area contributed by atoms with Gasteiger partial charge in [0.15, 0.2) is 0 Å². The quantitative estimate of drug-likeness (QED) is 0.532. The molecule has 0 aromatic heterocycles. The molecule has 5 nitrogen and oxygen atoms in total. The predicted octanol–water partition coefficient (Wildman–Crippen LogP) is 3.62. The van der Waals surface area contributed by atoms with Crippen LogP contribution < -0.4 is 0 Å². The van der Waals surface area contributed by atoms with Gasteiger partial charge < -0.3 is 9.64 Å². The van der Waals surface area contributed by atoms with E-state index in [9.17, 15) is 9.59 Å². The largest absolute Gasteiger partial charge is 0.379 e. The molecule has 28 heavy (non-hydrogen) atoms. The number of aryl methyl sites for hydroxylation is 1. The molecule has 1 fully saturated rings. The zero-order valence-electron chi connectivity index (χ0n) is 17.5. The Morgan fingerprint density at radius 2 is 1.86 bits per heavy atom. The van der Waals surface area contributed by atoms with Crippen LogP contribution in [-0.2, 0) is 14.3 Å². The van der Waals surface area contributed by atoms with Crippen molar-refractivity contribution < 1.29 is 14.3 Å². The Labute approximate surface area is 168 Å². The molecule has 0 bridgehead atoms. The van der Waals surface area contributed by atoms with Gasteiger partial charge in [-0.25, -0.2) is 0 Å². The molecule has 0 radical (unpaired) electrons. The summed E-state index contributed by atoms with van der Waals surface area (Å²) in [4.78, 5) is 30.1. The molecule has 2 aliphatic heterocycles. The molecule has 1 unspecified atom stereocenters. The van der Waals surface area contributed by atoms with Gasteiger partial charge >= 0.3 is 0 Å². The van der Waals surface area contributed by atoms with Gasteiger partial charge in [0.2, 0.25) is 0 Å². The van der Waals surface area contributed by atoms with Crippen molar-refractivity contribution in [1.29, 1.82) is 0 Å². The van der Waals surface area contributed by atoms with Crippen LogP contribution >= 0.6 is 0 Å². The van der Waals surface area contributed by atoms with Crippen LogP contribution in [0.2, 0.25) is 0 Å². The van der Waals surface area contributed by atoms with Crippen molar-refractivity contribution in [3.05, 3.63) is 41.1 Å². The van der Waals surface area contributed by atoms with Gasteiger partial charge in [-0.1, -0.05) is 36.8 Å². The second-order valence-electron chi connectivity index (χ2n) is 8.32.